The number of halogens is 1. The highest BCUT2D eigenvalue weighted by Gasteiger charge is 2.14. The fourth-order valence-corrected chi connectivity index (χ4v) is 3.84. The number of hydrogen-bond donors (Lipinski definition) is 0. The van der Waals surface area contributed by atoms with Gasteiger partial charge in [-0.05, 0) is 67.2 Å². The fraction of sp³-hybridized carbons (Fsp3) is 0.273. The number of benzene rings is 2. The largest absolute Gasteiger partial charge is 0.504 e. The predicted octanol–water partition coefficient (Wildman–Crippen LogP) is 6.49. The van der Waals surface area contributed by atoms with Crippen LogP contribution in [0, 0.1) is 0 Å². The second kappa shape index (κ2) is 9.22. The molecule has 4 nitrogen and oxygen atoms in total. The molecule has 146 valence electrons. The SMILES string of the molecule is CCc1c(C=COC)cccc1-c1nsc(-c2ccc(OC(C)C)c(Cl)c2)n1. The van der Waals surface area contributed by atoms with Gasteiger partial charge < -0.3 is 9.47 Å². The molecule has 6 heteroatoms. The van der Waals surface area contributed by atoms with E-state index in [1.807, 2.05) is 44.2 Å². The summed E-state index contributed by atoms with van der Waals surface area (Å²) in [4.78, 5) is 4.77. The monoisotopic (exact) mass is 414 g/mol. The molecule has 1 aromatic heterocycles. The van der Waals surface area contributed by atoms with E-state index >= 15 is 0 Å². The van der Waals surface area contributed by atoms with E-state index in [0.29, 0.717) is 10.8 Å². The van der Waals surface area contributed by atoms with E-state index in [1.165, 1.54) is 17.1 Å². The maximum Gasteiger partial charge on any atom is 0.173 e. The molecule has 3 rings (SSSR count). The molecule has 0 fully saturated rings. The highest BCUT2D eigenvalue weighted by molar-refractivity contribution is 7.09. The highest BCUT2D eigenvalue weighted by atomic mass is 35.5. The molecular weight excluding hydrogens is 392 g/mol. The van der Waals surface area contributed by atoms with Crippen LogP contribution in [-0.4, -0.2) is 22.6 Å². The van der Waals surface area contributed by atoms with Crippen LogP contribution in [-0.2, 0) is 11.2 Å². The Bertz CT molecular complexity index is 982. The Kier molecular flexibility index (Phi) is 6.70. The first kappa shape index (κ1) is 20.4. The molecule has 0 saturated heterocycles. The molecule has 28 heavy (non-hydrogen) atoms. The number of rotatable bonds is 7. The van der Waals surface area contributed by atoms with E-state index in [-0.39, 0.29) is 6.10 Å². The van der Waals surface area contributed by atoms with Gasteiger partial charge in [-0.2, -0.15) is 4.37 Å². The van der Waals surface area contributed by atoms with Crippen molar-refractivity contribution >= 4 is 29.2 Å². The topological polar surface area (TPSA) is 44.2 Å². The van der Waals surface area contributed by atoms with Gasteiger partial charge in [0.25, 0.3) is 0 Å². The summed E-state index contributed by atoms with van der Waals surface area (Å²) >= 11 is 7.74. The molecule has 0 aliphatic rings. The normalized spacial score (nSPS) is 11.4. The molecular formula is C22H23ClN2O2S. The van der Waals surface area contributed by atoms with Crippen LogP contribution in [0.1, 0.15) is 31.9 Å². The minimum Gasteiger partial charge on any atom is -0.504 e. The number of ether oxygens (including phenoxy) is 2. The third-order valence-corrected chi connectivity index (χ3v) is 5.22. The van der Waals surface area contributed by atoms with Crippen LogP contribution in [0.15, 0.2) is 42.7 Å². The highest BCUT2D eigenvalue weighted by Crippen LogP contribution is 2.34. The van der Waals surface area contributed by atoms with Gasteiger partial charge in [0.1, 0.15) is 10.8 Å². The van der Waals surface area contributed by atoms with Crippen LogP contribution in [0.5, 0.6) is 5.75 Å². The molecule has 0 atom stereocenters. The summed E-state index contributed by atoms with van der Waals surface area (Å²) in [6.07, 6.45) is 4.59. The Morgan fingerprint density at radius 1 is 1.21 bits per heavy atom. The quantitative estimate of drug-likeness (QED) is 0.414. The van der Waals surface area contributed by atoms with Crippen LogP contribution in [0.2, 0.25) is 5.02 Å². The maximum atomic E-state index is 6.38. The van der Waals surface area contributed by atoms with Gasteiger partial charge in [-0.1, -0.05) is 36.7 Å². The van der Waals surface area contributed by atoms with E-state index in [1.54, 1.807) is 13.4 Å². The van der Waals surface area contributed by atoms with Gasteiger partial charge in [-0.15, -0.1) is 0 Å². The van der Waals surface area contributed by atoms with Crippen molar-refractivity contribution < 1.29 is 9.47 Å². The van der Waals surface area contributed by atoms with E-state index in [2.05, 4.69) is 23.4 Å². The van der Waals surface area contributed by atoms with Crippen molar-refractivity contribution in [3.8, 4) is 27.7 Å². The summed E-state index contributed by atoms with van der Waals surface area (Å²) in [6, 6.07) is 11.9. The molecule has 3 aromatic rings. The number of aromatic nitrogens is 2. The lowest BCUT2D eigenvalue weighted by Gasteiger charge is -2.11. The Labute approximate surface area is 175 Å². The zero-order chi connectivity index (χ0) is 20.1. The van der Waals surface area contributed by atoms with Crippen molar-refractivity contribution in [1.82, 2.24) is 9.36 Å². The van der Waals surface area contributed by atoms with Crippen LogP contribution < -0.4 is 4.74 Å². The standard InChI is InChI=1S/C22H23ClN2O2S/c1-5-17-15(11-12-26-4)7-6-8-18(17)21-24-22(28-25-21)16-9-10-20(19(23)13-16)27-14(2)3/h6-14H,5H2,1-4H3. The second-order valence-corrected chi connectivity index (χ2v) is 7.66. The molecule has 1 heterocycles. The van der Waals surface area contributed by atoms with Gasteiger partial charge in [-0.3, -0.25) is 0 Å². The summed E-state index contributed by atoms with van der Waals surface area (Å²) in [5, 5.41) is 1.40. The van der Waals surface area contributed by atoms with Crippen molar-refractivity contribution in [2.45, 2.75) is 33.3 Å². The Hall–Kier alpha value is -2.37. The smallest absolute Gasteiger partial charge is 0.173 e. The average Bonchev–Trinajstić information content (AvgIpc) is 3.17. The summed E-state index contributed by atoms with van der Waals surface area (Å²) in [6.45, 7) is 6.08. The van der Waals surface area contributed by atoms with Crippen molar-refractivity contribution in [2.75, 3.05) is 7.11 Å². The predicted molar refractivity (Wildman–Crippen MR) is 117 cm³/mol. The molecule has 0 aliphatic heterocycles. The lowest BCUT2D eigenvalue weighted by atomic mass is 9.98. The van der Waals surface area contributed by atoms with Crippen LogP contribution in [0.4, 0.5) is 0 Å². The molecule has 0 radical (unpaired) electrons. The Balaban J connectivity index is 1.95. The van der Waals surface area contributed by atoms with E-state index in [0.717, 1.165) is 33.9 Å². The fourth-order valence-electron chi connectivity index (χ4n) is 2.94. The van der Waals surface area contributed by atoms with E-state index in [4.69, 9.17) is 26.1 Å². The summed E-state index contributed by atoms with van der Waals surface area (Å²) in [5.74, 6) is 1.40. The van der Waals surface area contributed by atoms with Gasteiger partial charge in [0.2, 0.25) is 0 Å². The van der Waals surface area contributed by atoms with Gasteiger partial charge >= 0.3 is 0 Å². The zero-order valence-electron chi connectivity index (χ0n) is 16.4. The zero-order valence-corrected chi connectivity index (χ0v) is 18.0. The first-order valence-corrected chi connectivity index (χ1v) is 10.3. The summed E-state index contributed by atoms with van der Waals surface area (Å²) in [5.41, 5.74) is 4.27. The van der Waals surface area contributed by atoms with E-state index in [9.17, 15) is 0 Å². The van der Waals surface area contributed by atoms with Gasteiger partial charge in [-0.25, -0.2) is 4.98 Å². The van der Waals surface area contributed by atoms with Gasteiger partial charge in [0.15, 0.2) is 5.82 Å². The maximum absolute atomic E-state index is 6.38. The average molecular weight is 415 g/mol. The summed E-state index contributed by atoms with van der Waals surface area (Å²) < 4.78 is 15.4. The third-order valence-electron chi connectivity index (χ3n) is 4.16. The van der Waals surface area contributed by atoms with Crippen LogP contribution >= 0.6 is 23.1 Å². The minimum atomic E-state index is 0.0726. The first-order valence-electron chi connectivity index (χ1n) is 9.15. The lowest BCUT2D eigenvalue weighted by molar-refractivity contribution is 0.242. The molecule has 0 saturated carbocycles. The Morgan fingerprint density at radius 2 is 2.04 bits per heavy atom. The second-order valence-electron chi connectivity index (χ2n) is 6.50. The summed E-state index contributed by atoms with van der Waals surface area (Å²) in [7, 11) is 1.64. The molecule has 0 N–H and O–H groups in total. The molecule has 0 spiro atoms. The molecule has 0 aliphatic carbocycles. The van der Waals surface area contributed by atoms with E-state index < -0.39 is 0 Å². The van der Waals surface area contributed by atoms with Crippen molar-refractivity contribution in [1.29, 1.82) is 0 Å². The number of hydrogen-bond acceptors (Lipinski definition) is 5. The van der Waals surface area contributed by atoms with Crippen molar-refractivity contribution in [3.63, 3.8) is 0 Å². The van der Waals surface area contributed by atoms with Crippen LogP contribution in [0.3, 0.4) is 0 Å². The number of methoxy groups -OCH3 is 1. The molecule has 0 amide bonds. The van der Waals surface area contributed by atoms with Crippen LogP contribution in [0.25, 0.3) is 28.0 Å². The lowest BCUT2D eigenvalue weighted by Crippen LogP contribution is -2.05. The van der Waals surface area contributed by atoms with Crippen molar-refractivity contribution in [2.24, 2.45) is 0 Å². The molecule has 0 unspecified atom stereocenters. The Morgan fingerprint density at radius 3 is 2.71 bits per heavy atom. The molecule has 2 aromatic carbocycles. The van der Waals surface area contributed by atoms with Gasteiger partial charge in [0.05, 0.1) is 24.5 Å². The first-order chi connectivity index (χ1) is 13.5. The minimum absolute atomic E-state index is 0.0726. The number of nitrogens with zero attached hydrogens (tertiary/aromatic N) is 2. The molecule has 0 bridgehead atoms. The van der Waals surface area contributed by atoms with Gasteiger partial charge in [0, 0.05) is 11.1 Å². The van der Waals surface area contributed by atoms with Crippen molar-refractivity contribution in [3.05, 3.63) is 58.8 Å². The third kappa shape index (κ3) is 4.54.